The van der Waals surface area contributed by atoms with Crippen molar-refractivity contribution < 1.29 is 0 Å². The molecule has 0 bridgehead atoms. The van der Waals surface area contributed by atoms with Gasteiger partial charge in [0.1, 0.15) is 0 Å². The lowest BCUT2D eigenvalue weighted by Gasteiger charge is -2.25. The first kappa shape index (κ1) is 12.4. The van der Waals surface area contributed by atoms with E-state index < -0.39 is 0 Å². The molecule has 1 aliphatic heterocycles. The highest BCUT2D eigenvalue weighted by Gasteiger charge is 2.14. The minimum Gasteiger partial charge on any atom is -0.313 e. The third-order valence-corrected chi connectivity index (χ3v) is 4.16. The molecular weight excluding hydrogens is 196 g/mol. The molecule has 0 spiro atoms. The van der Waals surface area contributed by atoms with E-state index in [1.807, 2.05) is 0 Å². The molecule has 2 rings (SSSR count). The van der Waals surface area contributed by atoms with Crippen molar-refractivity contribution in [2.24, 2.45) is 0 Å². The average molecular weight is 224 g/mol. The molecule has 1 N–H and O–H groups in total. The van der Waals surface area contributed by atoms with Crippen LogP contribution < -0.4 is 5.32 Å². The molecule has 0 aromatic heterocycles. The van der Waals surface area contributed by atoms with Gasteiger partial charge in [-0.3, -0.25) is 0 Å². The molecule has 1 heterocycles. The van der Waals surface area contributed by atoms with Crippen LogP contribution in [-0.4, -0.2) is 37.1 Å². The Morgan fingerprint density at radius 3 is 2.12 bits per heavy atom. The number of rotatable bonds is 4. The van der Waals surface area contributed by atoms with Crippen LogP contribution >= 0.6 is 0 Å². The quantitative estimate of drug-likeness (QED) is 0.790. The van der Waals surface area contributed by atoms with Gasteiger partial charge >= 0.3 is 0 Å². The van der Waals surface area contributed by atoms with E-state index in [2.05, 4.69) is 10.2 Å². The summed E-state index contributed by atoms with van der Waals surface area (Å²) in [5, 5.41) is 3.72. The third kappa shape index (κ3) is 4.42. The molecule has 1 aliphatic carbocycles. The molecule has 1 saturated carbocycles. The van der Waals surface area contributed by atoms with Crippen LogP contribution in [0.3, 0.4) is 0 Å². The number of nitrogens with zero attached hydrogens (tertiary/aromatic N) is 1. The number of likely N-dealkylation sites (tertiary alicyclic amines) is 1. The van der Waals surface area contributed by atoms with Crippen molar-refractivity contribution in [3.63, 3.8) is 0 Å². The molecule has 0 atom stereocenters. The van der Waals surface area contributed by atoms with E-state index in [1.54, 1.807) is 0 Å². The molecular formula is C14H28N2. The first-order chi connectivity index (χ1) is 7.95. The Bertz CT molecular complexity index is 168. The predicted octanol–water partition coefficient (Wildman–Crippen LogP) is 2.78. The highest BCUT2D eigenvalue weighted by molar-refractivity contribution is 4.74. The van der Waals surface area contributed by atoms with Crippen LogP contribution in [0.4, 0.5) is 0 Å². The molecule has 16 heavy (non-hydrogen) atoms. The van der Waals surface area contributed by atoms with E-state index in [9.17, 15) is 0 Å². The molecule has 0 amide bonds. The normalized spacial score (nSPS) is 25.5. The summed E-state index contributed by atoms with van der Waals surface area (Å²) in [5.74, 6) is 0. The summed E-state index contributed by atoms with van der Waals surface area (Å²) >= 11 is 0. The highest BCUT2D eigenvalue weighted by Crippen LogP contribution is 2.17. The molecule has 0 aromatic carbocycles. The fraction of sp³-hybridized carbons (Fsp3) is 1.00. The fourth-order valence-corrected chi connectivity index (χ4v) is 3.09. The molecule has 2 aliphatic rings. The van der Waals surface area contributed by atoms with Gasteiger partial charge in [0.15, 0.2) is 0 Å². The second-order valence-electron chi connectivity index (χ2n) is 5.54. The van der Waals surface area contributed by atoms with Crippen molar-refractivity contribution in [1.29, 1.82) is 0 Å². The monoisotopic (exact) mass is 224 g/mol. The van der Waals surface area contributed by atoms with Crippen LogP contribution in [0.2, 0.25) is 0 Å². The standard InChI is InChI=1S/C14H28N2/c1-2-6-11-16(12-7-3-1)13-10-15-14-8-4-5-9-14/h14-15H,1-13H2. The fourth-order valence-electron chi connectivity index (χ4n) is 3.09. The SMILES string of the molecule is C1CCCN(CCNC2CCCC2)CCC1. The summed E-state index contributed by atoms with van der Waals surface area (Å²) in [4.78, 5) is 2.67. The van der Waals surface area contributed by atoms with Crippen molar-refractivity contribution in [2.75, 3.05) is 26.2 Å². The molecule has 2 heteroatoms. The van der Waals surface area contributed by atoms with Crippen molar-refractivity contribution in [1.82, 2.24) is 10.2 Å². The van der Waals surface area contributed by atoms with Crippen LogP contribution in [0.15, 0.2) is 0 Å². The van der Waals surface area contributed by atoms with Crippen molar-refractivity contribution in [3.8, 4) is 0 Å². The smallest absolute Gasteiger partial charge is 0.0107 e. The second-order valence-corrected chi connectivity index (χ2v) is 5.54. The first-order valence-electron chi connectivity index (χ1n) is 7.41. The average Bonchev–Trinajstić information content (AvgIpc) is 2.73. The van der Waals surface area contributed by atoms with E-state index in [4.69, 9.17) is 0 Å². The maximum Gasteiger partial charge on any atom is 0.0107 e. The zero-order chi connectivity index (χ0) is 11.1. The Kier molecular flexibility index (Phi) is 5.64. The van der Waals surface area contributed by atoms with Gasteiger partial charge in [0, 0.05) is 19.1 Å². The van der Waals surface area contributed by atoms with E-state index in [-0.39, 0.29) is 0 Å². The molecule has 2 nitrogen and oxygen atoms in total. The Hall–Kier alpha value is -0.0800. The van der Waals surface area contributed by atoms with Crippen molar-refractivity contribution in [3.05, 3.63) is 0 Å². The minimum atomic E-state index is 0.842. The molecule has 2 fully saturated rings. The first-order valence-corrected chi connectivity index (χ1v) is 7.41. The molecule has 0 unspecified atom stereocenters. The highest BCUT2D eigenvalue weighted by atomic mass is 15.1. The zero-order valence-corrected chi connectivity index (χ0v) is 10.7. The van der Waals surface area contributed by atoms with Gasteiger partial charge in [0.25, 0.3) is 0 Å². The van der Waals surface area contributed by atoms with Crippen LogP contribution in [0.5, 0.6) is 0 Å². The second kappa shape index (κ2) is 7.29. The van der Waals surface area contributed by atoms with E-state index in [0.29, 0.717) is 0 Å². The molecule has 0 radical (unpaired) electrons. The molecule has 94 valence electrons. The lowest BCUT2D eigenvalue weighted by atomic mass is 10.1. The molecule has 0 aromatic rings. The summed E-state index contributed by atoms with van der Waals surface area (Å²) in [5.41, 5.74) is 0. The number of hydrogen-bond donors (Lipinski definition) is 1. The van der Waals surface area contributed by atoms with Gasteiger partial charge in [-0.2, -0.15) is 0 Å². The Labute approximate surface area is 101 Å². The van der Waals surface area contributed by atoms with Crippen LogP contribution in [0, 0.1) is 0 Å². The summed E-state index contributed by atoms with van der Waals surface area (Å²) in [6.45, 7) is 5.17. The summed E-state index contributed by atoms with van der Waals surface area (Å²) < 4.78 is 0. The van der Waals surface area contributed by atoms with Gasteiger partial charge < -0.3 is 10.2 Å². The van der Waals surface area contributed by atoms with Crippen LogP contribution in [-0.2, 0) is 0 Å². The minimum absolute atomic E-state index is 0.842. The summed E-state index contributed by atoms with van der Waals surface area (Å²) in [7, 11) is 0. The van der Waals surface area contributed by atoms with Crippen molar-refractivity contribution >= 4 is 0 Å². The molecule has 1 saturated heterocycles. The Balaban J connectivity index is 1.56. The topological polar surface area (TPSA) is 15.3 Å². The van der Waals surface area contributed by atoms with E-state index in [1.165, 1.54) is 84.0 Å². The maximum atomic E-state index is 3.72. The van der Waals surface area contributed by atoms with E-state index in [0.717, 1.165) is 6.04 Å². The Morgan fingerprint density at radius 2 is 1.44 bits per heavy atom. The van der Waals surface area contributed by atoms with E-state index >= 15 is 0 Å². The predicted molar refractivity (Wildman–Crippen MR) is 69.8 cm³/mol. The van der Waals surface area contributed by atoms with Gasteiger partial charge in [-0.15, -0.1) is 0 Å². The summed E-state index contributed by atoms with van der Waals surface area (Å²) in [6.07, 6.45) is 12.9. The largest absolute Gasteiger partial charge is 0.313 e. The van der Waals surface area contributed by atoms with Gasteiger partial charge in [-0.25, -0.2) is 0 Å². The van der Waals surface area contributed by atoms with Crippen LogP contribution in [0.25, 0.3) is 0 Å². The summed E-state index contributed by atoms with van der Waals surface area (Å²) in [6, 6.07) is 0.842. The van der Waals surface area contributed by atoms with Gasteiger partial charge in [0.05, 0.1) is 0 Å². The van der Waals surface area contributed by atoms with Gasteiger partial charge in [-0.05, 0) is 38.8 Å². The number of nitrogens with one attached hydrogen (secondary N) is 1. The maximum absolute atomic E-state index is 3.72. The zero-order valence-electron chi connectivity index (χ0n) is 10.7. The lowest BCUT2D eigenvalue weighted by molar-refractivity contribution is 0.244. The lowest BCUT2D eigenvalue weighted by Crippen LogP contribution is -2.37. The van der Waals surface area contributed by atoms with Gasteiger partial charge in [0.2, 0.25) is 0 Å². The third-order valence-electron chi connectivity index (χ3n) is 4.16. The Morgan fingerprint density at radius 1 is 0.812 bits per heavy atom. The van der Waals surface area contributed by atoms with Crippen molar-refractivity contribution in [2.45, 2.75) is 63.8 Å². The van der Waals surface area contributed by atoms with Gasteiger partial charge in [-0.1, -0.05) is 32.1 Å². The number of hydrogen-bond acceptors (Lipinski definition) is 2. The van der Waals surface area contributed by atoms with Crippen LogP contribution in [0.1, 0.15) is 57.8 Å².